The number of nitrogen functional groups attached to an aromatic ring is 1. The van der Waals surface area contributed by atoms with Crippen LogP contribution in [0.15, 0.2) is 12.1 Å². The van der Waals surface area contributed by atoms with Gasteiger partial charge in [0.2, 0.25) is 0 Å². The SMILES string of the molecule is CCCCOC(=O)c1ccc(CCCC)c(CCCC)c1N. The first kappa shape index (κ1) is 18.5. The van der Waals surface area contributed by atoms with Gasteiger partial charge in [-0.3, -0.25) is 0 Å². The molecule has 0 heterocycles. The molecule has 0 spiro atoms. The van der Waals surface area contributed by atoms with Crippen LogP contribution in [-0.2, 0) is 17.6 Å². The van der Waals surface area contributed by atoms with Crippen LogP contribution in [0.4, 0.5) is 5.69 Å². The van der Waals surface area contributed by atoms with E-state index in [1.807, 2.05) is 6.07 Å². The number of benzene rings is 1. The lowest BCUT2D eigenvalue weighted by Gasteiger charge is -2.15. The summed E-state index contributed by atoms with van der Waals surface area (Å²) >= 11 is 0. The lowest BCUT2D eigenvalue weighted by Crippen LogP contribution is -2.12. The van der Waals surface area contributed by atoms with E-state index in [4.69, 9.17) is 10.5 Å². The van der Waals surface area contributed by atoms with Crippen LogP contribution in [0.3, 0.4) is 0 Å². The largest absolute Gasteiger partial charge is 0.462 e. The van der Waals surface area contributed by atoms with Crippen LogP contribution in [0.5, 0.6) is 0 Å². The summed E-state index contributed by atoms with van der Waals surface area (Å²) < 4.78 is 5.31. The number of anilines is 1. The second-order valence-electron chi connectivity index (χ2n) is 5.86. The summed E-state index contributed by atoms with van der Waals surface area (Å²) in [7, 11) is 0. The summed E-state index contributed by atoms with van der Waals surface area (Å²) in [5, 5.41) is 0. The third kappa shape index (κ3) is 5.36. The van der Waals surface area contributed by atoms with Crippen molar-refractivity contribution in [1.82, 2.24) is 0 Å². The average molecular weight is 305 g/mol. The molecule has 0 fully saturated rings. The van der Waals surface area contributed by atoms with Crippen molar-refractivity contribution >= 4 is 11.7 Å². The minimum atomic E-state index is -0.286. The molecule has 0 amide bonds. The van der Waals surface area contributed by atoms with Crippen molar-refractivity contribution in [1.29, 1.82) is 0 Å². The highest BCUT2D eigenvalue weighted by molar-refractivity contribution is 5.96. The van der Waals surface area contributed by atoms with Crippen LogP contribution in [0.1, 0.15) is 80.8 Å². The molecule has 2 N–H and O–H groups in total. The molecule has 0 bridgehead atoms. The number of hydrogen-bond donors (Lipinski definition) is 1. The van der Waals surface area contributed by atoms with Gasteiger partial charge >= 0.3 is 5.97 Å². The zero-order valence-electron chi connectivity index (χ0n) is 14.4. The summed E-state index contributed by atoms with van der Waals surface area (Å²) in [4.78, 5) is 12.2. The highest BCUT2D eigenvalue weighted by atomic mass is 16.5. The molecular formula is C19H31NO2. The van der Waals surface area contributed by atoms with E-state index in [0.717, 1.165) is 56.9 Å². The second kappa shape index (κ2) is 10.3. The van der Waals surface area contributed by atoms with Gasteiger partial charge in [-0.1, -0.05) is 46.1 Å². The highest BCUT2D eigenvalue weighted by Crippen LogP contribution is 2.26. The molecule has 1 aromatic carbocycles. The van der Waals surface area contributed by atoms with Crippen LogP contribution in [-0.4, -0.2) is 12.6 Å². The van der Waals surface area contributed by atoms with Gasteiger partial charge in [-0.15, -0.1) is 0 Å². The minimum absolute atomic E-state index is 0.286. The lowest BCUT2D eigenvalue weighted by atomic mass is 9.93. The van der Waals surface area contributed by atoms with Crippen LogP contribution >= 0.6 is 0 Å². The van der Waals surface area contributed by atoms with E-state index in [-0.39, 0.29) is 5.97 Å². The number of carbonyl (C=O) groups excluding carboxylic acids is 1. The Balaban J connectivity index is 2.96. The zero-order valence-corrected chi connectivity index (χ0v) is 14.4. The normalized spacial score (nSPS) is 10.7. The topological polar surface area (TPSA) is 52.3 Å². The summed E-state index contributed by atoms with van der Waals surface area (Å²) in [6, 6.07) is 3.90. The van der Waals surface area contributed by atoms with Gasteiger partial charge in [0, 0.05) is 5.69 Å². The molecule has 3 heteroatoms. The summed E-state index contributed by atoms with van der Waals surface area (Å²) in [6.45, 7) is 6.91. The van der Waals surface area contributed by atoms with E-state index in [1.54, 1.807) is 0 Å². The predicted molar refractivity (Wildman–Crippen MR) is 93.3 cm³/mol. The maximum Gasteiger partial charge on any atom is 0.340 e. The molecule has 1 rings (SSSR count). The fourth-order valence-electron chi connectivity index (χ4n) is 2.53. The molecule has 22 heavy (non-hydrogen) atoms. The maximum atomic E-state index is 12.2. The number of hydrogen-bond acceptors (Lipinski definition) is 3. The zero-order chi connectivity index (χ0) is 16.4. The summed E-state index contributed by atoms with van der Waals surface area (Å²) in [6.07, 6.45) is 8.41. The monoisotopic (exact) mass is 305 g/mol. The van der Waals surface area contributed by atoms with E-state index in [9.17, 15) is 4.79 Å². The molecule has 0 aromatic heterocycles. The van der Waals surface area contributed by atoms with Crippen LogP contribution in [0.25, 0.3) is 0 Å². The first-order valence-corrected chi connectivity index (χ1v) is 8.72. The molecule has 124 valence electrons. The van der Waals surface area contributed by atoms with Gasteiger partial charge in [0.25, 0.3) is 0 Å². The van der Waals surface area contributed by atoms with E-state index in [1.165, 1.54) is 5.56 Å². The first-order valence-electron chi connectivity index (χ1n) is 8.72. The average Bonchev–Trinajstić information content (AvgIpc) is 2.52. The Morgan fingerprint density at radius 1 is 1.00 bits per heavy atom. The molecule has 0 atom stereocenters. The second-order valence-corrected chi connectivity index (χ2v) is 5.86. The molecular weight excluding hydrogens is 274 g/mol. The number of unbranched alkanes of at least 4 members (excludes halogenated alkanes) is 3. The number of rotatable bonds is 10. The standard InChI is InChI=1S/C19H31NO2/c1-4-7-10-15-12-13-17(19(21)22-14-9-6-3)18(20)16(15)11-8-5-2/h12-13H,4-11,14,20H2,1-3H3. The Hall–Kier alpha value is -1.51. The Kier molecular flexibility index (Phi) is 8.64. The van der Waals surface area contributed by atoms with Crippen molar-refractivity contribution in [3.8, 4) is 0 Å². The Morgan fingerprint density at radius 3 is 2.27 bits per heavy atom. The van der Waals surface area contributed by atoms with E-state index in [0.29, 0.717) is 17.9 Å². The molecule has 0 aliphatic heterocycles. The first-order chi connectivity index (χ1) is 10.7. The van der Waals surface area contributed by atoms with Gasteiger partial charge in [-0.25, -0.2) is 4.79 Å². The molecule has 0 saturated heterocycles. The van der Waals surface area contributed by atoms with Crippen molar-refractivity contribution < 1.29 is 9.53 Å². The van der Waals surface area contributed by atoms with Crippen molar-refractivity contribution in [2.75, 3.05) is 12.3 Å². The Morgan fingerprint density at radius 2 is 1.64 bits per heavy atom. The number of nitrogens with two attached hydrogens (primary N) is 1. The van der Waals surface area contributed by atoms with Gasteiger partial charge in [0.1, 0.15) is 0 Å². The molecule has 0 radical (unpaired) electrons. The van der Waals surface area contributed by atoms with Gasteiger partial charge in [-0.05, 0) is 49.3 Å². The lowest BCUT2D eigenvalue weighted by molar-refractivity contribution is 0.0501. The van der Waals surface area contributed by atoms with E-state index < -0.39 is 0 Å². The van der Waals surface area contributed by atoms with Crippen molar-refractivity contribution in [3.05, 3.63) is 28.8 Å². The molecule has 1 aromatic rings. The fourth-order valence-corrected chi connectivity index (χ4v) is 2.53. The van der Waals surface area contributed by atoms with Gasteiger partial charge < -0.3 is 10.5 Å². The minimum Gasteiger partial charge on any atom is -0.462 e. The Labute approximate surface area is 135 Å². The number of esters is 1. The Bertz CT molecular complexity index is 469. The van der Waals surface area contributed by atoms with E-state index in [2.05, 4.69) is 26.8 Å². The quantitative estimate of drug-likeness (QED) is 0.379. The van der Waals surface area contributed by atoms with Crippen molar-refractivity contribution in [2.24, 2.45) is 0 Å². The van der Waals surface area contributed by atoms with Crippen LogP contribution < -0.4 is 5.73 Å². The number of ether oxygens (including phenoxy) is 1. The molecule has 0 saturated carbocycles. The van der Waals surface area contributed by atoms with E-state index >= 15 is 0 Å². The molecule has 3 nitrogen and oxygen atoms in total. The van der Waals surface area contributed by atoms with Crippen LogP contribution in [0, 0.1) is 0 Å². The van der Waals surface area contributed by atoms with Gasteiger partial charge in [0.15, 0.2) is 0 Å². The van der Waals surface area contributed by atoms with Crippen molar-refractivity contribution in [2.45, 2.75) is 72.1 Å². The third-order valence-corrected chi connectivity index (χ3v) is 3.99. The maximum absolute atomic E-state index is 12.2. The summed E-state index contributed by atoms with van der Waals surface area (Å²) in [5.74, 6) is -0.286. The fraction of sp³-hybridized carbons (Fsp3) is 0.632. The third-order valence-electron chi connectivity index (χ3n) is 3.99. The predicted octanol–water partition coefficient (Wildman–Crippen LogP) is 4.91. The summed E-state index contributed by atoms with van der Waals surface area (Å²) in [5.41, 5.74) is 9.90. The molecule has 0 aliphatic carbocycles. The molecule has 0 aliphatic rings. The van der Waals surface area contributed by atoms with Gasteiger partial charge in [0.05, 0.1) is 12.2 Å². The highest BCUT2D eigenvalue weighted by Gasteiger charge is 2.16. The van der Waals surface area contributed by atoms with Gasteiger partial charge in [-0.2, -0.15) is 0 Å². The van der Waals surface area contributed by atoms with Crippen LogP contribution in [0.2, 0.25) is 0 Å². The van der Waals surface area contributed by atoms with Crippen molar-refractivity contribution in [3.63, 3.8) is 0 Å². The number of carbonyl (C=O) groups is 1. The number of aryl methyl sites for hydroxylation is 1. The molecule has 0 unspecified atom stereocenters. The smallest absolute Gasteiger partial charge is 0.340 e.